The first kappa shape index (κ1) is 14.8. The van der Waals surface area contributed by atoms with E-state index in [1.54, 1.807) is 0 Å². The van der Waals surface area contributed by atoms with Crippen LogP contribution in [0.15, 0.2) is 4.42 Å². The van der Waals surface area contributed by atoms with E-state index in [0.29, 0.717) is 31.5 Å². The standard InChI is InChI=1S/C13H23N5O2/c1-12(2,3)15-8-9-16-17-11(20-9)18-7-6-14-10(19)13(18,4)5/h15H,6-8H2,1-5H3,(H,14,19). The van der Waals surface area contributed by atoms with Crippen LogP contribution in [-0.4, -0.2) is 40.3 Å². The predicted octanol–water partition coefficient (Wildman–Crippen LogP) is 0.673. The maximum absolute atomic E-state index is 11.9. The van der Waals surface area contributed by atoms with Gasteiger partial charge in [-0.15, -0.1) is 5.10 Å². The molecule has 0 spiro atoms. The molecule has 0 saturated carbocycles. The lowest BCUT2D eigenvalue weighted by atomic mass is 10.00. The highest BCUT2D eigenvalue weighted by atomic mass is 16.4. The summed E-state index contributed by atoms with van der Waals surface area (Å²) in [6.07, 6.45) is 0. The lowest BCUT2D eigenvalue weighted by Crippen LogP contribution is -2.62. The molecule has 1 aliphatic heterocycles. The van der Waals surface area contributed by atoms with Gasteiger partial charge in [-0.2, -0.15) is 0 Å². The van der Waals surface area contributed by atoms with Crippen molar-refractivity contribution in [1.82, 2.24) is 20.8 Å². The van der Waals surface area contributed by atoms with Crippen molar-refractivity contribution < 1.29 is 9.21 Å². The zero-order valence-corrected chi connectivity index (χ0v) is 12.8. The molecule has 0 unspecified atom stereocenters. The Morgan fingerprint density at radius 2 is 2.10 bits per heavy atom. The fourth-order valence-electron chi connectivity index (χ4n) is 2.00. The molecule has 2 N–H and O–H groups in total. The summed E-state index contributed by atoms with van der Waals surface area (Å²) in [7, 11) is 0. The van der Waals surface area contributed by atoms with Gasteiger partial charge in [-0.3, -0.25) is 4.79 Å². The van der Waals surface area contributed by atoms with E-state index < -0.39 is 5.54 Å². The zero-order valence-electron chi connectivity index (χ0n) is 12.8. The van der Waals surface area contributed by atoms with Crippen molar-refractivity contribution >= 4 is 11.9 Å². The molecule has 0 radical (unpaired) electrons. The van der Waals surface area contributed by atoms with Gasteiger partial charge in [0.2, 0.25) is 11.8 Å². The van der Waals surface area contributed by atoms with E-state index in [1.807, 2.05) is 18.7 Å². The van der Waals surface area contributed by atoms with Gasteiger partial charge in [0, 0.05) is 18.6 Å². The molecule has 7 nitrogen and oxygen atoms in total. The summed E-state index contributed by atoms with van der Waals surface area (Å²) in [4.78, 5) is 13.8. The van der Waals surface area contributed by atoms with Crippen LogP contribution in [0.4, 0.5) is 6.01 Å². The van der Waals surface area contributed by atoms with Crippen molar-refractivity contribution in [1.29, 1.82) is 0 Å². The van der Waals surface area contributed by atoms with Crippen LogP contribution in [0.2, 0.25) is 0 Å². The number of aromatic nitrogens is 2. The molecule has 1 aliphatic rings. The third-order valence-electron chi connectivity index (χ3n) is 3.31. The van der Waals surface area contributed by atoms with Crippen LogP contribution < -0.4 is 15.5 Å². The lowest BCUT2D eigenvalue weighted by Gasteiger charge is -2.39. The molecule has 7 heteroatoms. The van der Waals surface area contributed by atoms with Gasteiger partial charge in [-0.1, -0.05) is 5.10 Å². The zero-order chi connectivity index (χ0) is 15.0. The lowest BCUT2D eigenvalue weighted by molar-refractivity contribution is -0.126. The summed E-state index contributed by atoms with van der Waals surface area (Å²) in [6.45, 7) is 11.7. The SMILES string of the molecule is CC(C)(C)NCc1nnc(N2CCNC(=O)C2(C)C)o1. The Bertz CT molecular complexity index is 489. The fourth-order valence-corrected chi connectivity index (χ4v) is 2.00. The molecule has 1 aromatic rings. The summed E-state index contributed by atoms with van der Waals surface area (Å²) in [5, 5.41) is 14.2. The third kappa shape index (κ3) is 3.09. The highest BCUT2D eigenvalue weighted by molar-refractivity contribution is 5.89. The number of carbonyl (C=O) groups is 1. The molecule has 2 rings (SSSR count). The van der Waals surface area contributed by atoms with Gasteiger partial charge in [0.1, 0.15) is 5.54 Å². The Balaban J connectivity index is 2.10. The monoisotopic (exact) mass is 281 g/mol. The number of nitrogens with zero attached hydrogens (tertiary/aromatic N) is 3. The van der Waals surface area contributed by atoms with Crippen molar-refractivity contribution in [3.63, 3.8) is 0 Å². The number of hydrogen-bond donors (Lipinski definition) is 2. The van der Waals surface area contributed by atoms with E-state index in [4.69, 9.17) is 4.42 Å². The van der Waals surface area contributed by atoms with Crippen LogP contribution in [0, 0.1) is 0 Å². The largest absolute Gasteiger partial charge is 0.407 e. The number of rotatable bonds is 3. The molecule has 1 saturated heterocycles. The summed E-state index contributed by atoms with van der Waals surface area (Å²) in [5.41, 5.74) is -0.696. The van der Waals surface area contributed by atoms with E-state index in [0.717, 1.165) is 0 Å². The van der Waals surface area contributed by atoms with Gasteiger partial charge < -0.3 is 20.0 Å². The van der Waals surface area contributed by atoms with Crippen LogP contribution in [0.1, 0.15) is 40.5 Å². The van der Waals surface area contributed by atoms with E-state index in [1.165, 1.54) is 0 Å². The van der Waals surface area contributed by atoms with Crippen molar-refractivity contribution in [3.8, 4) is 0 Å². The topological polar surface area (TPSA) is 83.3 Å². The number of nitrogens with one attached hydrogen (secondary N) is 2. The van der Waals surface area contributed by atoms with E-state index in [9.17, 15) is 4.79 Å². The number of anilines is 1. The molecule has 1 amide bonds. The average Bonchev–Trinajstić information content (AvgIpc) is 2.77. The quantitative estimate of drug-likeness (QED) is 0.847. The van der Waals surface area contributed by atoms with Gasteiger partial charge in [0.15, 0.2) is 0 Å². The smallest absolute Gasteiger partial charge is 0.319 e. The Morgan fingerprint density at radius 3 is 2.75 bits per heavy atom. The van der Waals surface area contributed by atoms with E-state index in [2.05, 4.69) is 41.6 Å². The first-order valence-electron chi connectivity index (χ1n) is 6.83. The molecule has 1 aromatic heterocycles. The minimum atomic E-state index is -0.681. The number of hydrogen-bond acceptors (Lipinski definition) is 6. The Labute approximate surface area is 119 Å². The van der Waals surface area contributed by atoms with Gasteiger partial charge in [-0.25, -0.2) is 0 Å². The first-order valence-corrected chi connectivity index (χ1v) is 6.83. The minimum absolute atomic E-state index is 0.0150. The van der Waals surface area contributed by atoms with Crippen molar-refractivity contribution in [2.75, 3.05) is 18.0 Å². The Morgan fingerprint density at radius 1 is 1.40 bits per heavy atom. The van der Waals surface area contributed by atoms with Crippen molar-refractivity contribution in [3.05, 3.63) is 5.89 Å². The molecule has 0 bridgehead atoms. The van der Waals surface area contributed by atoms with Crippen LogP contribution in [0.5, 0.6) is 0 Å². The van der Waals surface area contributed by atoms with Crippen LogP contribution in [0.3, 0.4) is 0 Å². The van der Waals surface area contributed by atoms with E-state index in [-0.39, 0.29) is 11.4 Å². The molecular formula is C13H23N5O2. The Hall–Kier alpha value is -1.63. The van der Waals surface area contributed by atoms with Gasteiger partial charge in [0.25, 0.3) is 0 Å². The van der Waals surface area contributed by atoms with Gasteiger partial charge in [0.05, 0.1) is 6.54 Å². The molecule has 2 heterocycles. The molecule has 0 atom stereocenters. The Kier molecular flexibility index (Phi) is 3.73. The number of carbonyl (C=O) groups excluding carboxylic acids is 1. The predicted molar refractivity (Wildman–Crippen MR) is 75.3 cm³/mol. The molecule has 112 valence electrons. The van der Waals surface area contributed by atoms with Crippen LogP contribution in [-0.2, 0) is 11.3 Å². The maximum Gasteiger partial charge on any atom is 0.319 e. The highest BCUT2D eigenvalue weighted by Gasteiger charge is 2.40. The average molecular weight is 281 g/mol. The third-order valence-corrected chi connectivity index (χ3v) is 3.31. The summed E-state index contributed by atoms with van der Waals surface area (Å²) >= 11 is 0. The number of piperazine rings is 1. The molecule has 0 aliphatic carbocycles. The van der Waals surface area contributed by atoms with Crippen molar-refractivity contribution in [2.45, 2.75) is 52.2 Å². The van der Waals surface area contributed by atoms with Gasteiger partial charge >= 0.3 is 6.01 Å². The summed E-state index contributed by atoms with van der Waals surface area (Å²) in [5.74, 6) is 0.494. The molecule has 20 heavy (non-hydrogen) atoms. The molecule has 0 aromatic carbocycles. The fraction of sp³-hybridized carbons (Fsp3) is 0.769. The summed E-state index contributed by atoms with van der Waals surface area (Å²) < 4.78 is 5.66. The highest BCUT2D eigenvalue weighted by Crippen LogP contribution is 2.24. The number of amides is 1. The summed E-state index contributed by atoms with van der Waals surface area (Å²) in [6, 6.07) is 0.399. The molecule has 1 fully saturated rings. The maximum atomic E-state index is 11.9. The van der Waals surface area contributed by atoms with Crippen molar-refractivity contribution in [2.24, 2.45) is 0 Å². The van der Waals surface area contributed by atoms with Gasteiger partial charge in [-0.05, 0) is 34.6 Å². The second-order valence-corrected chi connectivity index (χ2v) is 6.55. The molecular weight excluding hydrogens is 258 g/mol. The second kappa shape index (κ2) is 5.05. The minimum Gasteiger partial charge on any atom is -0.407 e. The van der Waals surface area contributed by atoms with Crippen LogP contribution in [0.25, 0.3) is 0 Å². The van der Waals surface area contributed by atoms with Crippen LogP contribution >= 0.6 is 0 Å². The first-order chi connectivity index (χ1) is 9.20. The second-order valence-electron chi connectivity index (χ2n) is 6.55. The normalized spacial score (nSPS) is 19.1. The van der Waals surface area contributed by atoms with E-state index >= 15 is 0 Å².